The molecule has 0 spiro atoms. The first-order chi connectivity index (χ1) is 10.2. The largest absolute Gasteiger partial charge is 0.298 e. The van der Waals surface area contributed by atoms with Gasteiger partial charge in [0.15, 0.2) is 12.1 Å². The van der Waals surface area contributed by atoms with E-state index < -0.39 is 0 Å². The summed E-state index contributed by atoms with van der Waals surface area (Å²) < 4.78 is 1.55. The van der Waals surface area contributed by atoms with Gasteiger partial charge in [-0.2, -0.15) is 5.10 Å². The van der Waals surface area contributed by atoms with Crippen LogP contribution in [0.25, 0.3) is 17.1 Å². The molecule has 0 atom stereocenters. The van der Waals surface area contributed by atoms with Crippen LogP contribution in [0.15, 0.2) is 48.8 Å². The third kappa shape index (κ3) is 2.82. The van der Waals surface area contributed by atoms with Gasteiger partial charge in [0, 0.05) is 28.0 Å². The van der Waals surface area contributed by atoms with Crippen LogP contribution in [0.3, 0.4) is 0 Å². The van der Waals surface area contributed by atoms with E-state index in [-0.39, 0.29) is 0 Å². The number of hydrogen-bond donors (Lipinski definition) is 0. The van der Waals surface area contributed by atoms with Crippen molar-refractivity contribution in [1.82, 2.24) is 14.8 Å². The molecule has 6 heteroatoms. The number of pyridine rings is 1. The number of aromatic nitrogens is 3. The molecule has 0 aliphatic carbocycles. The number of halogens is 2. The van der Waals surface area contributed by atoms with Gasteiger partial charge in [-0.05, 0) is 30.3 Å². The normalized spacial score (nSPS) is 10.6. The number of benzene rings is 1. The first-order valence-electron chi connectivity index (χ1n) is 6.10. The lowest BCUT2D eigenvalue weighted by Crippen LogP contribution is -1.97. The molecule has 21 heavy (non-hydrogen) atoms. The monoisotopic (exact) mass is 317 g/mol. The molecule has 0 unspecified atom stereocenters. The SMILES string of the molecule is O=Cc1cn(-c2ccccn2)nc1-c1cc(Cl)cc(Cl)c1. The molecule has 2 heterocycles. The summed E-state index contributed by atoms with van der Waals surface area (Å²) in [4.78, 5) is 15.5. The predicted octanol–water partition coefficient (Wildman–Crippen LogP) is 4.05. The van der Waals surface area contributed by atoms with Crippen LogP contribution in [0.4, 0.5) is 0 Å². The Hall–Kier alpha value is -2.17. The van der Waals surface area contributed by atoms with Crippen molar-refractivity contribution in [3.63, 3.8) is 0 Å². The van der Waals surface area contributed by atoms with Crippen molar-refractivity contribution in [1.29, 1.82) is 0 Å². The van der Waals surface area contributed by atoms with Crippen LogP contribution >= 0.6 is 23.2 Å². The molecule has 104 valence electrons. The van der Waals surface area contributed by atoms with Crippen LogP contribution < -0.4 is 0 Å². The number of carbonyl (C=O) groups is 1. The highest BCUT2D eigenvalue weighted by Crippen LogP contribution is 2.28. The molecule has 1 aromatic carbocycles. The smallest absolute Gasteiger partial charge is 0.153 e. The topological polar surface area (TPSA) is 47.8 Å². The molecule has 0 N–H and O–H groups in total. The van der Waals surface area contributed by atoms with E-state index in [4.69, 9.17) is 23.2 Å². The third-order valence-electron chi connectivity index (χ3n) is 2.89. The summed E-state index contributed by atoms with van der Waals surface area (Å²) in [6, 6.07) is 10.5. The van der Waals surface area contributed by atoms with Gasteiger partial charge in [0.2, 0.25) is 0 Å². The summed E-state index contributed by atoms with van der Waals surface area (Å²) in [5, 5.41) is 5.38. The van der Waals surface area contributed by atoms with Crippen molar-refractivity contribution in [3.8, 4) is 17.1 Å². The molecule has 3 rings (SSSR count). The number of aldehydes is 1. The van der Waals surface area contributed by atoms with Gasteiger partial charge < -0.3 is 0 Å². The van der Waals surface area contributed by atoms with Gasteiger partial charge in [0.25, 0.3) is 0 Å². The van der Waals surface area contributed by atoms with Crippen LogP contribution in [0.2, 0.25) is 10.0 Å². The highest BCUT2D eigenvalue weighted by atomic mass is 35.5. The maximum Gasteiger partial charge on any atom is 0.153 e. The first kappa shape index (κ1) is 13.8. The molecular weight excluding hydrogens is 309 g/mol. The Balaban J connectivity index is 2.14. The molecule has 4 nitrogen and oxygen atoms in total. The average Bonchev–Trinajstić information content (AvgIpc) is 2.91. The van der Waals surface area contributed by atoms with Gasteiger partial charge in [-0.1, -0.05) is 29.3 Å². The maximum absolute atomic E-state index is 11.3. The van der Waals surface area contributed by atoms with Crippen molar-refractivity contribution < 1.29 is 4.79 Å². The van der Waals surface area contributed by atoms with Crippen LogP contribution in [-0.2, 0) is 0 Å². The molecule has 0 fully saturated rings. The van der Waals surface area contributed by atoms with Gasteiger partial charge in [-0.25, -0.2) is 9.67 Å². The molecular formula is C15H9Cl2N3O. The van der Waals surface area contributed by atoms with Crippen LogP contribution in [0, 0.1) is 0 Å². The lowest BCUT2D eigenvalue weighted by atomic mass is 10.1. The van der Waals surface area contributed by atoms with Crippen molar-refractivity contribution >= 4 is 29.5 Å². The second-order valence-electron chi connectivity index (χ2n) is 4.34. The van der Waals surface area contributed by atoms with E-state index in [1.807, 2.05) is 12.1 Å². The lowest BCUT2D eigenvalue weighted by molar-refractivity contribution is 0.112. The Morgan fingerprint density at radius 3 is 2.48 bits per heavy atom. The van der Waals surface area contributed by atoms with Crippen molar-refractivity contribution in [2.45, 2.75) is 0 Å². The van der Waals surface area contributed by atoms with E-state index in [0.717, 1.165) is 6.29 Å². The summed E-state index contributed by atoms with van der Waals surface area (Å²) >= 11 is 12.0. The minimum Gasteiger partial charge on any atom is -0.298 e. The molecule has 0 saturated heterocycles. The van der Waals surface area contributed by atoms with Crippen LogP contribution in [-0.4, -0.2) is 21.1 Å². The average molecular weight is 318 g/mol. The summed E-state index contributed by atoms with van der Waals surface area (Å²) in [5.74, 6) is 0.625. The van der Waals surface area contributed by atoms with Gasteiger partial charge in [-0.3, -0.25) is 4.79 Å². The van der Waals surface area contributed by atoms with Crippen LogP contribution in [0.1, 0.15) is 10.4 Å². The minimum absolute atomic E-state index is 0.444. The quantitative estimate of drug-likeness (QED) is 0.684. The zero-order valence-electron chi connectivity index (χ0n) is 10.7. The van der Waals surface area contributed by atoms with E-state index in [2.05, 4.69) is 10.1 Å². The molecule has 0 amide bonds. The lowest BCUT2D eigenvalue weighted by Gasteiger charge is -2.01. The molecule has 0 bridgehead atoms. The zero-order chi connectivity index (χ0) is 14.8. The van der Waals surface area contributed by atoms with E-state index in [9.17, 15) is 4.79 Å². The first-order valence-corrected chi connectivity index (χ1v) is 6.85. The molecule has 3 aromatic rings. The second kappa shape index (κ2) is 5.68. The van der Waals surface area contributed by atoms with Gasteiger partial charge in [0.1, 0.15) is 5.69 Å². The van der Waals surface area contributed by atoms with Crippen molar-refractivity contribution in [2.75, 3.05) is 0 Å². The third-order valence-corrected chi connectivity index (χ3v) is 3.33. The van der Waals surface area contributed by atoms with Gasteiger partial charge in [-0.15, -0.1) is 0 Å². The summed E-state index contributed by atoms with van der Waals surface area (Å²) in [6.45, 7) is 0. The van der Waals surface area contributed by atoms with E-state index >= 15 is 0 Å². The van der Waals surface area contributed by atoms with Gasteiger partial charge in [0.05, 0.1) is 5.56 Å². The van der Waals surface area contributed by atoms with E-state index in [1.54, 1.807) is 41.3 Å². The minimum atomic E-state index is 0.444. The Labute approximate surface area is 131 Å². The fourth-order valence-corrected chi connectivity index (χ4v) is 2.52. The Morgan fingerprint density at radius 2 is 1.86 bits per heavy atom. The number of carbonyl (C=O) groups excluding carboxylic acids is 1. The fourth-order valence-electron chi connectivity index (χ4n) is 2.00. The molecule has 2 aromatic heterocycles. The van der Waals surface area contributed by atoms with Crippen LogP contribution in [0.5, 0.6) is 0 Å². The summed E-state index contributed by atoms with van der Waals surface area (Å²) in [6.07, 6.45) is 4.03. The number of nitrogens with zero attached hydrogens (tertiary/aromatic N) is 3. The fraction of sp³-hybridized carbons (Fsp3) is 0. The highest BCUT2D eigenvalue weighted by molar-refractivity contribution is 6.35. The zero-order valence-corrected chi connectivity index (χ0v) is 12.2. The van der Waals surface area contributed by atoms with E-state index in [1.165, 1.54) is 0 Å². The van der Waals surface area contributed by atoms with Crippen molar-refractivity contribution in [3.05, 3.63) is 64.4 Å². The maximum atomic E-state index is 11.3. The van der Waals surface area contributed by atoms with Gasteiger partial charge >= 0.3 is 0 Å². The highest BCUT2D eigenvalue weighted by Gasteiger charge is 2.13. The molecule has 0 aliphatic rings. The standard InChI is InChI=1S/C15H9Cl2N3O/c16-12-5-10(6-13(17)7-12)15-11(9-21)8-20(19-15)14-3-1-2-4-18-14/h1-9H. The molecule has 0 saturated carbocycles. The second-order valence-corrected chi connectivity index (χ2v) is 5.21. The predicted molar refractivity (Wildman–Crippen MR) is 82.2 cm³/mol. The van der Waals surface area contributed by atoms with Crippen molar-refractivity contribution in [2.24, 2.45) is 0 Å². The Bertz CT molecular complexity index is 780. The number of rotatable bonds is 3. The Morgan fingerprint density at radius 1 is 1.10 bits per heavy atom. The summed E-state index contributed by atoms with van der Waals surface area (Å²) in [7, 11) is 0. The number of hydrogen-bond acceptors (Lipinski definition) is 3. The van der Waals surface area contributed by atoms with E-state index in [0.29, 0.717) is 32.7 Å². The molecule has 0 radical (unpaired) electrons. The Kier molecular flexibility index (Phi) is 3.73. The summed E-state index contributed by atoms with van der Waals surface area (Å²) in [5.41, 5.74) is 1.64. The molecule has 0 aliphatic heterocycles.